The van der Waals surface area contributed by atoms with Crippen LogP contribution >= 0.6 is 11.3 Å². The van der Waals surface area contributed by atoms with Crippen LogP contribution in [0, 0.1) is 5.92 Å². The predicted octanol–water partition coefficient (Wildman–Crippen LogP) is 2.18. The van der Waals surface area contributed by atoms with Gasteiger partial charge in [-0.3, -0.25) is 4.79 Å². The molecule has 2 fully saturated rings. The Morgan fingerprint density at radius 3 is 2.68 bits per heavy atom. The fourth-order valence-electron chi connectivity index (χ4n) is 3.97. The number of thiophene rings is 1. The summed E-state index contributed by atoms with van der Waals surface area (Å²) >= 11 is 1.55. The summed E-state index contributed by atoms with van der Waals surface area (Å²) in [5.41, 5.74) is 0. The van der Waals surface area contributed by atoms with Crippen LogP contribution in [-0.2, 0) is 14.8 Å². The van der Waals surface area contributed by atoms with Crippen LogP contribution in [-0.4, -0.2) is 66.2 Å². The van der Waals surface area contributed by atoms with E-state index in [2.05, 4.69) is 10.2 Å². The molecule has 0 aromatic carbocycles. The van der Waals surface area contributed by atoms with E-state index in [9.17, 15) is 13.2 Å². The molecule has 4 rings (SSSR count). The van der Waals surface area contributed by atoms with Crippen molar-refractivity contribution in [1.82, 2.24) is 19.4 Å². The number of hydrogen-bond acceptors (Lipinski definition) is 7. The van der Waals surface area contributed by atoms with Crippen molar-refractivity contribution < 1.29 is 17.6 Å². The molecule has 0 spiro atoms. The Bertz CT molecular complexity index is 917. The molecule has 2 saturated heterocycles. The van der Waals surface area contributed by atoms with Crippen LogP contribution in [0.15, 0.2) is 21.9 Å². The molecule has 0 saturated carbocycles. The van der Waals surface area contributed by atoms with Gasteiger partial charge in [0.1, 0.15) is 0 Å². The van der Waals surface area contributed by atoms with E-state index in [4.69, 9.17) is 4.42 Å². The first-order valence-corrected chi connectivity index (χ1v) is 12.3. The van der Waals surface area contributed by atoms with E-state index in [0.29, 0.717) is 44.3 Å². The second-order valence-corrected chi connectivity index (χ2v) is 10.4. The second kappa shape index (κ2) is 7.92. The fourth-order valence-corrected chi connectivity index (χ4v) is 5.49. The maximum atomic E-state index is 13.0. The van der Waals surface area contributed by atoms with E-state index in [1.54, 1.807) is 11.3 Å². The van der Waals surface area contributed by atoms with Crippen LogP contribution in [0.4, 0.5) is 0 Å². The molecule has 2 aliphatic heterocycles. The predicted molar refractivity (Wildman–Crippen MR) is 105 cm³/mol. The molecule has 28 heavy (non-hydrogen) atoms. The van der Waals surface area contributed by atoms with E-state index in [-0.39, 0.29) is 17.7 Å². The highest BCUT2D eigenvalue weighted by Crippen LogP contribution is 2.31. The van der Waals surface area contributed by atoms with E-state index >= 15 is 0 Å². The molecule has 0 bridgehead atoms. The lowest BCUT2D eigenvalue weighted by Crippen LogP contribution is -2.46. The van der Waals surface area contributed by atoms with Gasteiger partial charge in [-0.1, -0.05) is 6.07 Å². The summed E-state index contributed by atoms with van der Waals surface area (Å²) in [5.74, 6) is 1.18. The third kappa shape index (κ3) is 4.13. The first-order valence-electron chi connectivity index (χ1n) is 9.53. The standard InChI is InChI=1S/C18H24N4O4S2/c1-28(24,25)22-9-6-13(7-10-22)18(23)21-8-2-4-14(12-21)16-19-20-17(26-16)15-5-3-11-27-15/h3,5,11,13-14H,2,4,6-10,12H2,1H3. The molecule has 0 radical (unpaired) electrons. The largest absolute Gasteiger partial charge is 0.420 e. The monoisotopic (exact) mass is 424 g/mol. The Balaban J connectivity index is 1.38. The lowest BCUT2D eigenvalue weighted by molar-refractivity contribution is -0.138. The number of amides is 1. The van der Waals surface area contributed by atoms with Crippen LogP contribution < -0.4 is 0 Å². The number of carbonyl (C=O) groups excluding carboxylic acids is 1. The van der Waals surface area contributed by atoms with Gasteiger partial charge in [0.2, 0.25) is 21.8 Å². The summed E-state index contributed by atoms with van der Waals surface area (Å²) in [6, 6.07) is 3.89. The number of nitrogens with zero attached hydrogens (tertiary/aromatic N) is 4. The van der Waals surface area contributed by atoms with E-state index in [1.807, 2.05) is 22.4 Å². The molecule has 0 N–H and O–H groups in total. The zero-order valence-corrected chi connectivity index (χ0v) is 17.4. The second-order valence-electron chi connectivity index (χ2n) is 7.48. The zero-order chi connectivity index (χ0) is 19.7. The highest BCUT2D eigenvalue weighted by molar-refractivity contribution is 7.88. The molecule has 1 amide bonds. The summed E-state index contributed by atoms with van der Waals surface area (Å²) in [6.45, 7) is 2.14. The van der Waals surface area contributed by atoms with Crippen molar-refractivity contribution in [3.63, 3.8) is 0 Å². The van der Waals surface area contributed by atoms with E-state index < -0.39 is 10.0 Å². The summed E-state index contributed by atoms with van der Waals surface area (Å²) in [7, 11) is -3.18. The first-order chi connectivity index (χ1) is 13.4. The number of carbonyl (C=O) groups is 1. The highest BCUT2D eigenvalue weighted by Gasteiger charge is 2.34. The fraction of sp³-hybridized carbons (Fsp3) is 0.611. The van der Waals surface area contributed by atoms with Gasteiger partial charge in [-0.05, 0) is 37.1 Å². The molecule has 152 valence electrons. The van der Waals surface area contributed by atoms with Crippen LogP contribution in [0.5, 0.6) is 0 Å². The number of hydrogen-bond donors (Lipinski definition) is 0. The van der Waals surface area contributed by atoms with E-state index in [1.165, 1.54) is 10.6 Å². The molecule has 2 aliphatic rings. The van der Waals surface area contributed by atoms with Gasteiger partial charge in [0, 0.05) is 32.1 Å². The van der Waals surface area contributed by atoms with Crippen LogP contribution in [0.25, 0.3) is 10.8 Å². The van der Waals surface area contributed by atoms with Gasteiger partial charge >= 0.3 is 0 Å². The number of likely N-dealkylation sites (tertiary alicyclic amines) is 1. The molecule has 0 aliphatic carbocycles. The molecular weight excluding hydrogens is 400 g/mol. The highest BCUT2D eigenvalue weighted by atomic mass is 32.2. The molecule has 2 aromatic rings. The van der Waals surface area contributed by atoms with Crippen LogP contribution in [0.1, 0.15) is 37.5 Å². The van der Waals surface area contributed by atoms with Crippen molar-refractivity contribution in [3.8, 4) is 10.8 Å². The molecule has 1 atom stereocenters. The van der Waals surface area contributed by atoms with Gasteiger partial charge < -0.3 is 9.32 Å². The lowest BCUT2D eigenvalue weighted by atomic mass is 9.93. The zero-order valence-electron chi connectivity index (χ0n) is 15.8. The maximum absolute atomic E-state index is 13.0. The van der Waals surface area contributed by atoms with Gasteiger partial charge in [-0.15, -0.1) is 21.5 Å². The molecular formula is C18H24N4O4S2. The van der Waals surface area contributed by atoms with Crippen molar-refractivity contribution >= 4 is 27.3 Å². The molecule has 4 heterocycles. The van der Waals surface area contributed by atoms with Crippen molar-refractivity contribution in [3.05, 3.63) is 23.4 Å². The van der Waals surface area contributed by atoms with Gasteiger partial charge in [-0.25, -0.2) is 12.7 Å². The van der Waals surface area contributed by atoms with Gasteiger partial charge in [0.05, 0.1) is 17.1 Å². The minimum atomic E-state index is -3.18. The maximum Gasteiger partial charge on any atom is 0.257 e. The Hall–Kier alpha value is -1.78. The van der Waals surface area contributed by atoms with Crippen LogP contribution in [0.2, 0.25) is 0 Å². The lowest BCUT2D eigenvalue weighted by Gasteiger charge is -2.36. The summed E-state index contributed by atoms with van der Waals surface area (Å²) in [4.78, 5) is 15.8. The smallest absolute Gasteiger partial charge is 0.257 e. The van der Waals surface area contributed by atoms with Crippen molar-refractivity contribution in [2.45, 2.75) is 31.6 Å². The normalized spacial score (nSPS) is 22.5. The Labute approximate surface area is 168 Å². The third-order valence-electron chi connectivity index (χ3n) is 5.53. The topological polar surface area (TPSA) is 96.6 Å². The summed E-state index contributed by atoms with van der Waals surface area (Å²) in [6.07, 6.45) is 4.20. The summed E-state index contributed by atoms with van der Waals surface area (Å²) < 4.78 is 30.6. The Morgan fingerprint density at radius 2 is 2.00 bits per heavy atom. The van der Waals surface area contributed by atoms with Gasteiger partial charge in [0.25, 0.3) is 5.89 Å². The summed E-state index contributed by atoms with van der Waals surface area (Å²) in [5, 5.41) is 10.3. The number of sulfonamides is 1. The molecule has 8 nitrogen and oxygen atoms in total. The van der Waals surface area contributed by atoms with Crippen LogP contribution in [0.3, 0.4) is 0 Å². The average Bonchev–Trinajstić information content (AvgIpc) is 3.38. The van der Waals surface area contributed by atoms with Crippen molar-refractivity contribution in [2.75, 3.05) is 32.4 Å². The van der Waals surface area contributed by atoms with Crippen molar-refractivity contribution in [1.29, 1.82) is 0 Å². The first kappa shape index (κ1) is 19.5. The average molecular weight is 425 g/mol. The molecule has 2 aromatic heterocycles. The third-order valence-corrected chi connectivity index (χ3v) is 7.69. The Morgan fingerprint density at radius 1 is 1.21 bits per heavy atom. The van der Waals surface area contributed by atoms with Gasteiger partial charge in [-0.2, -0.15) is 0 Å². The Kier molecular flexibility index (Phi) is 5.52. The quantitative estimate of drug-likeness (QED) is 0.746. The SMILES string of the molecule is CS(=O)(=O)N1CCC(C(=O)N2CCCC(c3nnc(-c4cccs4)o3)C2)CC1. The minimum Gasteiger partial charge on any atom is -0.420 e. The molecule has 1 unspecified atom stereocenters. The number of rotatable bonds is 4. The van der Waals surface area contributed by atoms with Gasteiger partial charge in [0.15, 0.2) is 0 Å². The van der Waals surface area contributed by atoms with Crippen molar-refractivity contribution in [2.24, 2.45) is 5.92 Å². The molecule has 10 heteroatoms. The number of piperidine rings is 2. The van der Waals surface area contributed by atoms with E-state index in [0.717, 1.165) is 24.3 Å². The minimum absolute atomic E-state index is 0.0509. The number of aromatic nitrogens is 2.